The molecule has 7 heteroatoms. The number of nitrogens with zero attached hydrogens (tertiary/aromatic N) is 1. The van der Waals surface area contributed by atoms with Crippen molar-refractivity contribution in [2.75, 3.05) is 32.8 Å². The van der Waals surface area contributed by atoms with Crippen LogP contribution in [0.25, 0.3) is 0 Å². The third-order valence-electron chi connectivity index (χ3n) is 4.39. The van der Waals surface area contributed by atoms with Crippen LogP contribution < -0.4 is 5.32 Å². The van der Waals surface area contributed by atoms with Crippen LogP contribution in [0, 0.1) is 5.82 Å². The highest BCUT2D eigenvalue weighted by molar-refractivity contribution is 6.33. The fraction of sp³-hybridized carbons (Fsp3) is 0.316. The minimum Gasteiger partial charge on any atom is -0.379 e. The molecule has 1 unspecified atom stereocenters. The van der Waals surface area contributed by atoms with E-state index in [1.165, 1.54) is 18.2 Å². The van der Waals surface area contributed by atoms with E-state index in [1.807, 2.05) is 24.3 Å². The van der Waals surface area contributed by atoms with Crippen LogP contribution in [-0.4, -0.2) is 43.7 Å². The fourth-order valence-electron chi connectivity index (χ4n) is 3.02. The maximum absolute atomic E-state index is 14.0. The maximum atomic E-state index is 14.0. The van der Waals surface area contributed by atoms with Gasteiger partial charge in [0, 0.05) is 24.7 Å². The second-order valence-electron chi connectivity index (χ2n) is 6.02. The first-order valence-corrected chi connectivity index (χ1v) is 9.11. The molecule has 1 heterocycles. The van der Waals surface area contributed by atoms with Crippen molar-refractivity contribution in [2.45, 2.75) is 6.04 Å². The van der Waals surface area contributed by atoms with Crippen LogP contribution in [0.4, 0.5) is 4.39 Å². The van der Waals surface area contributed by atoms with Gasteiger partial charge in [-0.1, -0.05) is 41.4 Å². The summed E-state index contributed by atoms with van der Waals surface area (Å²) in [7, 11) is 0. The first-order valence-electron chi connectivity index (χ1n) is 8.35. The van der Waals surface area contributed by atoms with Crippen LogP contribution in [0.2, 0.25) is 10.0 Å². The third kappa shape index (κ3) is 4.54. The highest BCUT2D eigenvalue weighted by Crippen LogP contribution is 2.24. The van der Waals surface area contributed by atoms with Gasteiger partial charge in [-0.2, -0.15) is 0 Å². The summed E-state index contributed by atoms with van der Waals surface area (Å²) >= 11 is 12.0. The van der Waals surface area contributed by atoms with Gasteiger partial charge < -0.3 is 10.1 Å². The monoisotopic (exact) mass is 396 g/mol. The Morgan fingerprint density at radius 2 is 1.85 bits per heavy atom. The van der Waals surface area contributed by atoms with Crippen molar-refractivity contribution in [1.29, 1.82) is 0 Å². The number of nitrogens with one attached hydrogen (secondary N) is 1. The van der Waals surface area contributed by atoms with Gasteiger partial charge >= 0.3 is 0 Å². The van der Waals surface area contributed by atoms with Crippen molar-refractivity contribution in [1.82, 2.24) is 10.2 Å². The molecule has 1 aliphatic rings. The van der Waals surface area contributed by atoms with Crippen LogP contribution in [0.5, 0.6) is 0 Å². The SMILES string of the molecule is O=C(NCC(c1ccc(Cl)cc1)N1CCOCC1)c1c(F)cccc1Cl. The normalized spacial score (nSPS) is 16.3. The highest BCUT2D eigenvalue weighted by Gasteiger charge is 2.24. The Kier molecular flexibility index (Phi) is 6.48. The van der Waals surface area contributed by atoms with Gasteiger partial charge in [-0.05, 0) is 29.8 Å². The van der Waals surface area contributed by atoms with Gasteiger partial charge in [0.25, 0.3) is 5.91 Å². The molecule has 26 heavy (non-hydrogen) atoms. The first-order chi connectivity index (χ1) is 12.6. The smallest absolute Gasteiger partial charge is 0.255 e. The summed E-state index contributed by atoms with van der Waals surface area (Å²) in [6, 6.07) is 11.6. The molecule has 138 valence electrons. The number of hydrogen-bond acceptors (Lipinski definition) is 3. The Hall–Kier alpha value is -1.66. The minimum atomic E-state index is -0.635. The molecule has 0 saturated carbocycles. The number of carbonyl (C=O) groups is 1. The number of halogens is 3. The molecule has 1 aliphatic heterocycles. The van der Waals surface area contributed by atoms with Gasteiger partial charge in [-0.15, -0.1) is 0 Å². The van der Waals surface area contributed by atoms with Crippen LogP contribution in [-0.2, 0) is 4.74 Å². The lowest BCUT2D eigenvalue weighted by atomic mass is 10.0. The lowest BCUT2D eigenvalue weighted by Crippen LogP contribution is -2.44. The van der Waals surface area contributed by atoms with Crippen molar-refractivity contribution >= 4 is 29.1 Å². The summed E-state index contributed by atoms with van der Waals surface area (Å²) in [6.45, 7) is 3.10. The number of benzene rings is 2. The molecule has 2 aromatic carbocycles. The molecule has 0 aromatic heterocycles. The predicted molar refractivity (Wildman–Crippen MR) is 100 cm³/mol. The molecule has 1 saturated heterocycles. The second-order valence-corrected chi connectivity index (χ2v) is 6.87. The number of rotatable bonds is 5. The average Bonchev–Trinajstić information content (AvgIpc) is 2.64. The highest BCUT2D eigenvalue weighted by atomic mass is 35.5. The van der Waals surface area contributed by atoms with Crippen LogP contribution in [0.1, 0.15) is 22.0 Å². The molecule has 4 nitrogen and oxygen atoms in total. The van der Waals surface area contributed by atoms with Crippen molar-refractivity contribution in [3.8, 4) is 0 Å². The fourth-order valence-corrected chi connectivity index (χ4v) is 3.40. The molecule has 3 rings (SSSR count). The van der Waals surface area contributed by atoms with Gasteiger partial charge in [0.2, 0.25) is 0 Å². The summed E-state index contributed by atoms with van der Waals surface area (Å²) in [6.07, 6.45) is 0. The Morgan fingerprint density at radius 3 is 2.50 bits per heavy atom. The van der Waals surface area contributed by atoms with Gasteiger partial charge in [0.15, 0.2) is 0 Å². The summed E-state index contributed by atoms with van der Waals surface area (Å²) in [5.74, 6) is -1.16. The number of carbonyl (C=O) groups excluding carboxylic acids is 1. The number of morpholine rings is 1. The molecular weight excluding hydrogens is 378 g/mol. The molecule has 1 atom stereocenters. The maximum Gasteiger partial charge on any atom is 0.255 e. The van der Waals surface area contributed by atoms with Gasteiger partial charge in [0.1, 0.15) is 5.82 Å². The van der Waals surface area contributed by atoms with Crippen LogP contribution >= 0.6 is 23.2 Å². The summed E-state index contributed by atoms with van der Waals surface area (Å²) in [5, 5.41) is 3.56. The summed E-state index contributed by atoms with van der Waals surface area (Å²) in [4.78, 5) is 14.7. The van der Waals surface area contributed by atoms with E-state index in [-0.39, 0.29) is 16.6 Å². The molecule has 0 bridgehead atoms. The standard InChI is InChI=1S/C19H19Cl2FN2O2/c20-14-6-4-13(5-7-14)17(24-8-10-26-11-9-24)12-23-19(25)18-15(21)2-1-3-16(18)22/h1-7,17H,8-12H2,(H,23,25). The van der Waals surface area contributed by atoms with Gasteiger partial charge in [-0.25, -0.2) is 4.39 Å². The number of hydrogen-bond donors (Lipinski definition) is 1. The van der Waals surface area contributed by atoms with Crippen molar-refractivity contribution in [3.05, 3.63) is 69.5 Å². The van der Waals surface area contributed by atoms with Crippen molar-refractivity contribution in [2.24, 2.45) is 0 Å². The lowest BCUT2D eigenvalue weighted by molar-refractivity contribution is 0.0162. The Balaban J connectivity index is 1.77. The molecule has 0 aliphatic carbocycles. The van der Waals surface area contributed by atoms with Crippen molar-refractivity contribution in [3.63, 3.8) is 0 Å². The summed E-state index contributed by atoms with van der Waals surface area (Å²) in [5.41, 5.74) is 0.891. The lowest BCUT2D eigenvalue weighted by Gasteiger charge is -2.35. The molecule has 0 spiro atoms. The molecular formula is C19H19Cl2FN2O2. The van der Waals surface area contributed by atoms with Gasteiger partial charge in [-0.3, -0.25) is 9.69 Å². The molecule has 1 N–H and O–H groups in total. The van der Waals surface area contributed by atoms with Crippen LogP contribution in [0.3, 0.4) is 0 Å². The quantitative estimate of drug-likeness (QED) is 0.831. The third-order valence-corrected chi connectivity index (χ3v) is 4.95. The van der Waals surface area contributed by atoms with Gasteiger partial charge in [0.05, 0.1) is 29.8 Å². The second kappa shape index (κ2) is 8.82. The molecule has 2 aromatic rings. The summed E-state index contributed by atoms with van der Waals surface area (Å²) < 4.78 is 19.4. The molecule has 1 amide bonds. The Labute approximate surface area is 161 Å². The average molecular weight is 397 g/mol. The first kappa shape index (κ1) is 19.1. The molecule has 1 fully saturated rings. The largest absolute Gasteiger partial charge is 0.379 e. The van der Waals surface area contributed by atoms with E-state index in [9.17, 15) is 9.18 Å². The zero-order chi connectivity index (χ0) is 18.5. The van der Waals surface area contributed by atoms with Crippen LogP contribution in [0.15, 0.2) is 42.5 Å². The predicted octanol–water partition coefficient (Wildman–Crippen LogP) is 3.94. The minimum absolute atomic E-state index is 0.0642. The number of ether oxygens (including phenoxy) is 1. The van der Waals surface area contributed by atoms with Crippen molar-refractivity contribution < 1.29 is 13.9 Å². The van der Waals surface area contributed by atoms with E-state index in [0.717, 1.165) is 18.7 Å². The Morgan fingerprint density at radius 1 is 1.15 bits per heavy atom. The van der Waals surface area contributed by atoms with E-state index in [0.29, 0.717) is 24.8 Å². The Bertz CT molecular complexity index is 744. The number of amides is 1. The van der Waals surface area contributed by atoms with E-state index < -0.39 is 11.7 Å². The van der Waals surface area contributed by atoms with E-state index in [2.05, 4.69) is 10.2 Å². The zero-order valence-electron chi connectivity index (χ0n) is 14.1. The van der Waals surface area contributed by atoms with E-state index in [1.54, 1.807) is 0 Å². The topological polar surface area (TPSA) is 41.6 Å². The zero-order valence-corrected chi connectivity index (χ0v) is 15.6. The van der Waals surface area contributed by atoms with E-state index >= 15 is 0 Å². The molecule has 0 radical (unpaired) electrons. The van der Waals surface area contributed by atoms with E-state index in [4.69, 9.17) is 27.9 Å².